The first-order chi connectivity index (χ1) is 13.4. The second-order valence-corrected chi connectivity index (χ2v) is 9.49. The van der Waals surface area contributed by atoms with E-state index in [1.165, 1.54) is 28.3 Å². The van der Waals surface area contributed by atoms with E-state index in [0.29, 0.717) is 42.0 Å². The molecule has 0 aliphatic carbocycles. The van der Waals surface area contributed by atoms with Gasteiger partial charge in [0.2, 0.25) is 15.9 Å². The molecule has 0 radical (unpaired) electrons. The van der Waals surface area contributed by atoms with E-state index in [2.05, 4.69) is 10.3 Å². The highest BCUT2D eigenvalue weighted by Gasteiger charge is 2.26. The van der Waals surface area contributed by atoms with Crippen LogP contribution in [-0.4, -0.2) is 55.7 Å². The Bertz CT molecular complexity index is 946. The number of amides is 1. The van der Waals surface area contributed by atoms with Gasteiger partial charge in [-0.25, -0.2) is 13.4 Å². The molecule has 0 saturated carbocycles. The van der Waals surface area contributed by atoms with Crippen molar-refractivity contribution in [3.05, 3.63) is 47.1 Å². The van der Waals surface area contributed by atoms with Crippen molar-refractivity contribution >= 4 is 45.0 Å². The molecule has 1 aliphatic rings. The van der Waals surface area contributed by atoms with Gasteiger partial charge in [0.05, 0.1) is 24.0 Å². The Morgan fingerprint density at radius 1 is 1.29 bits per heavy atom. The molecule has 0 atom stereocenters. The minimum absolute atomic E-state index is 0.137. The topological polar surface area (TPSA) is 88.6 Å². The number of halogens is 1. The van der Waals surface area contributed by atoms with E-state index in [-0.39, 0.29) is 16.6 Å². The summed E-state index contributed by atoms with van der Waals surface area (Å²) in [5, 5.41) is 3.93. The summed E-state index contributed by atoms with van der Waals surface area (Å²) in [7, 11) is -3.57. The number of anilines is 1. The van der Waals surface area contributed by atoms with Gasteiger partial charge in [-0.05, 0) is 36.8 Å². The number of pyridine rings is 1. The summed E-state index contributed by atoms with van der Waals surface area (Å²) in [5.74, 6) is -0.0506. The zero-order valence-electron chi connectivity index (χ0n) is 15.2. The lowest BCUT2D eigenvalue weighted by molar-refractivity contribution is -0.113. The van der Waals surface area contributed by atoms with Gasteiger partial charge in [-0.2, -0.15) is 4.31 Å². The number of aryl methyl sites for hydroxylation is 1. The number of carbonyl (C=O) groups excluding carboxylic acids is 1. The summed E-state index contributed by atoms with van der Waals surface area (Å²) in [6, 6.07) is 8.43. The van der Waals surface area contributed by atoms with Crippen molar-refractivity contribution in [2.45, 2.75) is 16.8 Å². The molecular formula is C18H20ClN3O4S2. The summed E-state index contributed by atoms with van der Waals surface area (Å²) in [6.07, 6.45) is 1.32. The third kappa shape index (κ3) is 5.24. The second kappa shape index (κ2) is 9.23. The average molecular weight is 442 g/mol. The van der Waals surface area contributed by atoms with Gasteiger partial charge in [-0.15, -0.1) is 0 Å². The molecular weight excluding hydrogens is 422 g/mol. The number of aromatic nitrogens is 1. The highest BCUT2D eigenvalue weighted by molar-refractivity contribution is 7.99. The number of carbonyl (C=O) groups is 1. The Morgan fingerprint density at radius 3 is 2.68 bits per heavy atom. The summed E-state index contributed by atoms with van der Waals surface area (Å²) in [4.78, 5) is 16.4. The maximum Gasteiger partial charge on any atom is 0.244 e. The molecule has 0 unspecified atom stereocenters. The predicted molar refractivity (Wildman–Crippen MR) is 109 cm³/mol. The van der Waals surface area contributed by atoms with Crippen LogP contribution >= 0.6 is 23.4 Å². The van der Waals surface area contributed by atoms with Crippen LogP contribution in [0, 0.1) is 6.92 Å². The van der Waals surface area contributed by atoms with Gasteiger partial charge >= 0.3 is 0 Å². The van der Waals surface area contributed by atoms with Gasteiger partial charge < -0.3 is 10.1 Å². The Labute approximate surface area is 173 Å². The lowest BCUT2D eigenvalue weighted by atomic mass is 10.2. The molecule has 1 fully saturated rings. The van der Waals surface area contributed by atoms with E-state index in [4.69, 9.17) is 16.3 Å². The number of nitrogens with zero attached hydrogens (tertiary/aromatic N) is 2. The molecule has 0 bridgehead atoms. The number of hydrogen-bond acceptors (Lipinski definition) is 6. The molecule has 7 nitrogen and oxygen atoms in total. The quantitative estimate of drug-likeness (QED) is 0.693. The smallest absolute Gasteiger partial charge is 0.244 e. The number of morpholine rings is 1. The lowest BCUT2D eigenvalue weighted by Gasteiger charge is -2.25. The molecule has 28 heavy (non-hydrogen) atoms. The van der Waals surface area contributed by atoms with E-state index >= 15 is 0 Å². The van der Waals surface area contributed by atoms with E-state index in [9.17, 15) is 13.2 Å². The van der Waals surface area contributed by atoms with E-state index in [1.54, 1.807) is 18.2 Å². The Morgan fingerprint density at radius 2 is 2.04 bits per heavy atom. The molecule has 1 aromatic carbocycles. The molecule has 1 amide bonds. The number of rotatable bonds is 6. The lowest BCUT2D eigenvalue weighted by Crippen LogP contribution is -2.40. The molecule has 3 rings (SSSR count). The van der Waals surface area contributed by atoms with Crippen molar-refractivity contribution in [1.29, 1.82) is 0 Å². The highest BCUT2D eigenvalue weighted by Crippen LogP contribution is 2.22. The van der Waals surface area contributed by atoms with Crippen LogP contribution in [0.5, 0.6) is 0 Å². The van der Waals surface area contributed by atoms with Crippen LogP contribution in [0.4, 0.5) is 5.69 Å². The third-order valence-electron chi connectivity index (χ3n) is 4.12. The minimum Gasteiger partial charge on any atom is -0.379 e. The van der Waals surface area contributed by atoms with Crippen LogP contribution in [0.3, 0.4) is 0 Å². The summed E-state index contributed by atoms with van der Waals surface area (Å²) >= 11 is 7.28. The number of benzene rings is 1. The SMILES string of the molecule is Cc1ccc(NC(=O)CSc2ccc(S(=O)(=O)N3CCOCC3)cn2)cc1Cl. The van der Waals surface area contributed by atoms with E-state index in [0.717, 1.165) is 5.56 Å². The molecule has 150 valence electrons. The predicted octanol–water partition coefficient (Wildman–Crippen LogP) is 2.80. The van der Waals surface area contributed by atoms with Crippen LogP contribution < -0.4 is 5.32 Å². The summed E-state index contributed by atoms with van der Waals surface area (Å²) in [5.41, 5.74) is 1.56. The maximum atomic E-state index is 12.6. The molecule has 1 aromatic heterocycles. The molecule has 0 spiro atoms. The Hall–Kier alpha value is -1.65. The number of thioether (sulfide) groups is 1. The molecule has 1 saturated heterocycles. The number of nitrogens with one attached hydrogen (secondary N) is 1. The number of ether oxygens (including phenoxy) is 1. The molecule has 1 aliphatic heterocycles. The fraction of sp³-hybridized carbons (Fsp3) is 0.333. The van der Waals surface area contributed by atoms with E-state index < -0.39 is 10.0 Å². The second-order valence-electron chi connectivity index (χ2n) is 6.15. The average Bonchev–Trinajstić information content (AvgIpc) is 2.70. The maximum absolute atomic E-state index is 12.6. The largest absolute Gasteiger partial charge is 0.379 e. The van der Waals surface area contributed by atoms with Gasteiger partial charge in [-0.1, -0.05) is 29.4 Å². The van der Waals surface area contributed by atoms with Crippen LogP contribution in [-0.2, 0) is 19.6 Å². The van der Waals surface area contributed by atoms with Crippen LogP contribution in [0.2, 0.25) is 5.02 Å². The molecule has 2 heterocycles. The van der Waals surface area contributed by atoms with Gasteiger partial charge in [0.1, 0.15) is 4.90 Å². The van der Waals surface area contributed by atoms with Crippen molar-refractivity contribution in [3.63, 3.8) is 0 Å². The standard InChI is InChI=1S/C18H20ClN3O4S2/c1-13-2-3-14(10-16(13)19)21-17(23)12-27-18-5-4-15(11-20-18)28(24,25)22-6-8-26-9-7-22/h2-5,10-11H,6-9,12H2,1H3,(H,21,23). The highest BCUT2D eigenvalue weighted by atomic mass is 35.5. The summed E-state index contributed by atoms with van der Waals surface area (Å²) < 4.78 is 31.7. The third-order valence-corrected chi connectivity index (χ3v) is 7.36. The van der Waals surface area contributed by atoms with Crippen molar-refractivity contribution in [3.8, 4) is 0 Å². The fourth-order valence-corrected chi connectivity index (χ4v) is 4.72. The minimum atomic E-state index is -3.57. The molecule has 1 N–H and O–H groups in total. The van der Waals surface area contributed by atoms with Crippen LogP contribution in [0.1, 0.15) is 5.56 Å². The fourth-order valence-electron chi connectivity index (χ4n) is 2.55. The van der Waals surface area contributed by atoms with Gasteiger partial charge in [0, 0.05) is 30.0 Å². The first-order valence-corrected chi connectivity index (χ1v) is 11.4. The van der Waals surface area contributed by atoms with Gasteiger partial charge in [-0.3, -0.25) is 4.79 Å². The van der Waals surface area contributed by atoms with Gasteiger partial charge in [0.15, 0.2) is 0 Å². The summed E-state index contributed by atoms with van der Waals surface area (Å²) in [6.45, 7) is 3.34. The van der Waals surface area contributed by atoms with Crippen LogP contribution in [0.15, 0.2) is 46.5 Å². The monoisotopic (exact) mass is 441 g/mol. The normalized spacial score (nSPS) is 15.4. The Balaban J connectivity index is 1.56. The first-order valence-electron chi connectivity index (χ1n) is 8.59. The van der Waals surface area contributed by atoms with Crippen molar-refractivity contribution in [1.82, 2.24) is 9.29 Å². The first kappa shape index (κ1) is 21.1. The zero-order valence-corrected chi connectivity index (χ0v) is 17.6. The number of sulfonamides is 1. The number of hydrogen-bond donors (Lipinski definition) is 1. The van der Waals surface area contributed by atoms with Crippen LogP contribution in [0.25, 0.3) is 0 Å². The Kier molecular flexibility index (Phi) is 6.95. The molecule has 2 aromatic rings. The van der Waals surface area contributed by atoms with E-state index in [1.807, 2.05) is 13.0 Å². The van der Waals surface area contributed by atoms with Crippen molar-refractivity contribution < 1.29 is 17.9 Å². The van der Waals surface area contributed by atoms with Gasteiger partial charge in [0.25, 0.3) is 0 Å². The molecule has 10 heteroatoms. The van der Waals surface area contributed by atoms with Crippen molar-refractivity contribution in [2.24, 2.45) is 0 Å². The zero-order chi connectivity index (χ0) is 20.1. The van der Waals surface area contributed by atoms with Crippen molar-refractivity contribution in [2.75, 3.05) is 37.4 Å².